The molecule has 3 aromatic rings. The molecule has 0 spiro atoms. The maximum Gasteiger partial charge on any atom is 0.416 e. The molecule has 14 heteroatoms. The van der Waals surface area contributed by atoms with E-state index in [4.69, 9.17) is 0 Å². The first-order valence-electron chi connectivity index (χ1n) is 10.5. The molecule has 2 heterocycles. The fraction of sp³-hybridized carbons (Fsp3) is 0.273. The van der Waals surface area contributed by atoms with Crippen molar-refractivity contribution >= 4 is 29.2 Å². The van der Waals surface area contributed by atoms with Crippen LogP contribution in [-0.4, -0.2) is 32.6 Å². The summed E-state index contributed by atoms with van der Waals surface area (Å²) >= 11 is 0. The number of aromatic nitrogens is 3. The molecule has 1 atom stereocenters. The topological polar surface area (TPSA) is 112 Å². The molecule has 1 fully saturated rings. The van der Waals surface area contributed by atoms with Gasteiger partial charge >= 0.3 is 18.3 Å². The van der Waals surface area contributed by atoms with Crippen LogP contribution in [0.1, 0.15) is 29.8 Å². The summed E-state index contributed by atoms with van der Waals surface area (Å²) in [6.45, 7) is 0.338. The average Bonchev–Trinajstić information content (AvgIpc) is 3.30. The Hall–Kier alpha value is -3.94. The van der Waals surface area contributed by atoms with Crippen molar-refractivity contribution in [2.75, 3.05) is 17.2 Å². The Kier molecular flexibility index (Phi) is 6.47. The number of benzene rings is 2. The van der Waals surface area contributed by atoms with Crippen molar-refractivity contribution in [1.29, 1.82) is 0 Å². The molecule has 1 saturated heterocycles. The van der Waals surface area contributed by atoms with Gasteiger partial charge in [0, 0.05) is 11.4 Å². The first kappa shape index (κ1) is 25.2. The fourth-order valence-corrected chi connectivity index (χ4v) is 3.70. The number of carbonyl (C=O) groups is 1. The lowest BCUT2D eigenvalue weighted by Crippen LogP contribution is -2.46. The van der Waals surface area contributed by atoms with Crippen molar-refractivity contribution in [3.05, 3.63) is 65.5 Å². The summed E-state index contributed by atoms with van der Waals surface area (Å²) in [6.07, 6.45) is -8.64. The molecule has 0 aliphatic carbocycles. The molecular weight excluding hydrogens is 494 g/mol. The Morgan fingerprint density at radius 3 is 1.75 bits per heavy atom. The third-order valence-electron chi connectivity index (χ3n) is 5.43. The number of aliphatic carboxylic acids is 1. The quantitative estimate of drug-likeness (QED) is 0.339. The van der Waals surface area contributed by atoms with Gasteiger partial charge in [0.15, 0.2) is 11.4 Å². The SMILES string of the molecule is O=C(O)[C@]1(c2nc(Nc3cccc(C(F)(F)F)c3)nc(Nc3cccc(C(F)(F)F)c3)n2)CCCN1. The molecular formula is C22H18F6N6O2. The first-order chi connectivity index (χ1) is 16.9. The predicted octanol–water partition coefficient (Wildman–Crippen LogP) is 5.06. The predicted molar refractivity (Wildman–Crippen MR) is 116 cm³/mol. The van der Waals surface area contributed by atoms with E-state index in [1.807, 2.05) is 0 Å². The van der Waals surface area contributed by atoms with Crippen molar-refractivity contribution < 1.29 is 36.2 Å². The second-order valence-electron chi connectivity index (χ2n) is 7.95. The van der Waals surface area contributed by atoms with Crippen LogP contribution in [0.2, 0.25) is 0 Å². The minimum atomic E-state index is -4.61. The van der Waals surface area contributed by atoms with Gasteiger partial charge in [-0.25, -0.2) is 4.79 Å². The first-order valence-corrected chi connectivity index (χ1v) is 10.5. The van der Waals surface area contributed by atoms with Gasteiger partial charge in [-0.2, -0.15) is 41.3 Å². The van der Waals surface area contributed by atoms with E-state index in [9.17, 15) is 36.2 Å². The highest BCUT2D eigenvalue weighted by Gasteiger charge is 2.46. The van der Waals surface area contributed by atoms with Gasteiger partial charge in [-0.05, 0) is 55.8 Å². The summed E-state index contributed by atoms with van der Waals surface area (Å²) in [5, 5.41) is 17.9. The lowest BCUT2D eigenvalue weighted by Gasteiger charge is -2.23. The second kappa shape index (κ2) is 9.26. The Balaban J connectivity index is 1.75. The van der Waals surface area contributed by atoms with Crippen LogP contribution in [0.5, 0.6) is 0 Å². The summed E-state index contributed by atoms with van der Waals surface area (Å²) < 4.78 is 78.6. The molecule has 190 valence electrons. The fourth-order valence-electron chi connectivity index (χ4n) is 3.70. The number of alkyl halides is 6. The lowest BCUT2D eigenvalue weighted by atomic mass is 9.97. The highest BCUT2D eigenvalue weighted by Crippen LogP contribution is 2.34. The minimum Gasteiger partial charge on any atom is -0.480 e. The van der Waals surface area contributed by atoms with E-state index in [2.05, 4.69) is 30.9 Å². The molecule has 1 aliphatic heterocycles. The van der Waals surface area contributed by atoms with Gasteiger partial charge < -0.3 is 15.7 Å². The van der Waals surface area contributed by atoms with E-state index >= 15 is 0 Å². The van der Waals surface area contributed by atoms with Crippen molar-refractivity contribution in [3.8, 4) is 0 Å². The molecule has 36 heavy (non-hydrogen) atoms. The van der Waals surface area contributed by atoms with Crippen LogP contribution in [0.15, 0.2) is 48.5 Å². The largest absolute Gasteiger partial charge is 0.480 e. The Bertz CT molecular complexity index is 1200. The lowest BCUT2D eigenvalue weighted by molar-refractivity contribution is -0.145. The number of hydrogen-bond acceptors (Lipinski definition) is 7. The van der Waals surface area contributed by atoms with Gasteiger partial charge in [0.1, 0.15) is 0 Å². The van der Waals surface area contributed by atoms with E-state index in [0.29, 0.717) is 13.0 Å². The Morgan fingerprint density at radius 2 is 1.36 bits per heavy atom. The Morgan fingerprint density at radius 1 is 0.861 bits per heavy atom. The number of nitrogens with zero attached hydrogens (tertiary/aromatic N) is 3. The van der Waals surface area contributed by atoms with Crippen molar-refractivity contribution in [2.45, 2.75) is 30.7 Å². The van der Waals surface area contributed by atoms with Crippen LogP contribution in [0.3, 0.4) is 0 Å². The molecule has 0 unspecified atom stereocenters. The molecule has 4 rings (SSSR count). The minimum absolute atomic E-state index is 0.0456. The van der Waals surface area contributed by atoms with Gasteiger partial charge in [-0.3, -0.25) is 5.32 Å². The molecule has 8 nitrogen and oxygen atoms in total. The summed E-state index contributed by atoms with van der Waals surface area (Å²) in [7, 11) is 0. The van der Waals surface area contributed by atoms with Crippen LogP contribution in [0.4, 0.5) is 49.6 Å². The number of carboxylic acid groups (broad SMARTS) is 1. The Labute approximate surface area is 199 Å². The van der Waals surface area contributed by atoms with Crippen molar-refractivity contribution in [1.82, 2.24) is 20.3 Å². The highest BCUT2D eigenvalue weighted by atomic mass is 19.4. The summed E-state index contributed by atoms with van der Waals surface area (Å²) in [6, 6.07) is 8.31. The monoisotopic (exact) mass is 512 g/mol. The zero-order chi connectivity index (χ0) is 26.1. The van der Waals surface area contributed by atoms with Gasteiger partial charge in [-0.15, -0.1) is 0 Å². The van der Waals surface area contributed by atoms with Crippen LogP contribution >= 0.6 is 0 Å². The molecule has 0 bridgehead atoms. The molecule has 2 aromatic carbocycles. The number of anilines is 4. The highest BCUT2D eigenvalue weighted by molar-refractivity contribution is 5.80. The number of halogens is 6. The van der Waals surface area contributed by atoms with Crippen LogP contribution in [-0.2, 0) is 22.7 Å². The maximum atomic E-state index is 13.1. The normalized spacial score (nSPS) is 18.2. The van der Waals surface area contributed by atoms with E-state index in [1.54, 1.807) is 0 Å². The number of rotatable bonds is 6. The number of hydrogen-bond donors (Lipinski definition) is 4. The zero-order valence-corrected chi connectivity index (χ0v) is 18.2. The van der Waals surface area contributed by atoms with Crippen molar-refractivity contribution in [3.63, 3.8) is 0 Å². The number of carboxylic acids is 1. The molecule has 1 aliphatic rings. The molecule has 0 radical (unpaired) electrons. The van der Waals surface area contributed by atoms with Gasteiger partial charge in [-0.1, -0.05) is 12.1 Å². The van der Waals surface area contributed by atoms with E-state index in [0.717, 1.165) is 36.4 Å². The van der Waals surface area contributed by atoms with E-state index in [-0.39, 0.29) is 35.5 Å². The van der Waals surface area contributed by atoms with Crippen LogP contribution in [0.25, 0.3) is 0 Å². The smallest absolute Gasteiger partial charge is 0.416 e. The van der Waals surface area contributed by atoms with E-state index in [1.165, 1.54) is 12.1 Å². The average molecular weight is 512 g/mol. The van der Waals surface area contributed by atoms with E-state index < -0.39 is 35.0 Å². The maximum absolute atomic E-state index is 13.1. The summed E-state index contributed by atoms with van der Waals surface area (Å²) in [5.74, 6) is -2.15. The third kappa shape index (κ3) is 5.32. The van der Waals surface area contributed by atoms with Gasteiger partial charge in [0.05, 0.1) is 11.1 Å². The molecule has 0 amide bonds. The summed E-state index contributed by atoms with van der Waals surface area (Å²) in [4.78, 5) is 24.4. The van der Waals surface area contributed by atoms with Crippen LogP contribution in [0, 0.1) is 0 Å². The molecule has 1 aromatic heterocycles. The van der Waals surface area contributed by atoms with Gasteiger partial charge in [0.25, 0.3) is 0 Å². The van der Waals surface area contributed by atoms with Crippen molar-refractivity contribution in [2.24, 2.45) is 0 Å². The van der Waals surface area contributed by atoms with Crippen LogP contribution < -0.4 is 16.0 Å². The number of nitrogens with one attached hydrogen (secondary N) is 3. The molecule has 4 N–H and O–H groups in total. The zero-order valence-electron chi connectivity index (χ0n) is 18.2. The third-order valence-corrected chi connectivity index (χ3v) is 5.43. The molecule has 0 saturated carbocycles. The standard InChI is InChI=1S/C22H18F6N6O2/c23-21(24,25)12-4-1-6-14(10-12)30-18-32-16(20(17(35)36)8-3-9-29-20)33-19(34-18)31-15-7-2-5-13(11-15)22(26,27)28/h1-2,4-7,10-11,29H,3,8-9H2,(H,35,36)(H2,30,31,32,33,34)/t20-/m1/s1. The van der Waals surface area contributed by atoms with Gasteiger partial charge in [0.2, 0.25) is 11.9 Å². The summed E-state index contributed by atoms with van der Waals surface area (Å²) in [5.41, 5.74) is -3.68. The second-order valence-corrected chi connectivity index (χ2v) is 7.95.